The zero-order valence-electron chi connectivity index (χ0n) is 71.3. The van der Waals surface area contributed by atoms with E-state index in [1.165, 1.54) is 118 Å². The fraction of sp³-hybridized carbons (Fsp3) is 0.0248. The summed E-state index contributed by atoms with van der Waals surface area (Å²) in [6, 6.07) is 158. The molecule has 9 heteroatoms. The van der Waals surface area contributed by atoms with Crippen LogP contribution in [-0.2, 0) is 5.41 Å². The number of fused-ring (bicyclic) bond motifs is 19. The summed E-state index contributed by atoms with van der Waals surface area (Å²) in [5.41, 5.74) is 31.3. The molecule has 5 aromatic heterocycles. The summed E-state index contributed by atoms with van der Waals surface area (Å²) in [6.45, 7) is 4.67. The first-order chi connectivity index (χ1) is 64.2. The van der Waals surface area contributed by atoms with Crippen LogP contribution >= 0.6 is 22.7 Å². The average Bonchev–Trinajstić information content (AvgIpc) is 1.58. The lowest BCUT2D eigenvalue weighted by atomic mass is 9.81. The van der Waals surface area contributed by atoms with E-state index in [4.69, 9.17) is 13.3 Å². The molecule has 0 unspecified atom stereocenters. The van der Waals surface area contributed by atoms with Gasteiger partial charge in [-0.15, -0.1) is 22.7 Å². The highest BCUT2D eigenvalue weighted by molar-refractivity contribution is 7.26. The third-order valence-corrected chi connectivity index (χ3v) is 27.4. The van der Waals surface area contributed by atoms with Gasteiger partial charge in [0.15, 0.2) is 0 Å². The molecule has 1 aliphatic rings. The van der Waals surface area contributed by atoms with Gasteiger partial charge < -0.3 is 34.5 Å². The Morgan fingerprint density at radius 1 is 0.208 bits per heavy atom. The predicted molar refractivity (Wildman–Crippen MR) is 555 cm³/mol. The van der Waals surface area contributed by atoms with Crippen LogP contribution in [0.15, 0.2) is 462 Å². The van der Waals surface area contributed by atoms with Crippen LogP contribution in [0.2, 0.25) is 0 Å². The molecular formula is C121H84N4O3S2. The molecule has 0 atom stereocenters. The van der Waals surface area contributed by atoms with Crippen LogP contribution in [0.4, 0.5) is 45.5 Å². The Kier molecular flexibility index (Phi) is 20.2. The molecule has 0 spiro atoms. The number of nitrogens with one attached hydrogen (secondary N) is 4. The van der Waals surface area contributed by atoms with Gasteiger partial charge in [0.25, 0.3) is 0 Å². The van der Waals surface area contributed by atoms with E-state index in [0.717, 1.165) is 122 Å². The summed E-state index contributed by atoms with van der Waals surface area (Å²) in [4.78, 5) is 0. The normalized spacial score (nSPS) is 12.0. The van der Waals surface area contributed by atoms with E-state index in [9.17, 15) is 0 Å². The van der Waals surface area contributed by atoms with Crippen molar-refractivity contribution in [3.63, 3.8) is 0 Å². The monoisotopic (exact) mass is 1700 g/mol. The third-order valence-electron chi connectivity index (χ3n) is 25.2. The predicted octanol–water partition coefficient (Wildman–Crippen LogP) is 35.9. The van der Waals surface area contributed by atoms with Gasteiger partial charge in [-0.1, -0.05) is 323 Å². The Bertz CT molecular complexity index is 8560. The van der Waals surface area contributed by atoms with Crippen molar-refractivity contribution in [3.8, 4) is 66.8 Å². The zero-order chi connectivity index (χ0) is 86.6. The van der Waals surface area contributed by atoms with Gasteiger partial charge >= 0.3 is 0 Å². The van der Waals surface area contributed by atoms with Gasteiger partial charge in [-0.05, 0) is 205 Å². The van der Waals surface area contributed by atoms with Crippen LogP contribution in [-0.4, -0.2) is 0 Å². The summed E-state index contributed by atoms with van der Waals surface area (Å²) < 4.78 is 24.2. The molecular weight excluding hydrogens is 1620 g/mol. The molecule has 0 bridgehead atoms. The summed E-state index contributed by atoms with van der Waals surface area (Å²) in [5.74, 6) is 0. The van der Waals surface area contributed by atoms with E-state index in [0.29, 0.717) is 0 Å². The molecule has 130 heavy (non-hydrogen) atoms. The largest absolute Gasteiger partial charge is 0.456 e. The Hall–Kier alpha value is -16.3. The van der Waals surface area contributed by atoms with Crippen LogP contribution in [0.25, 0.3) is 184 Å². The molecule has 0 aliphatic heterocycles. The van der Waals surface area contributed by atoms with Crippen molar-refractivity contribution in [2.75, 3.05) is 21.3 Å². The molecule has 0 amide bonds. The number of hydrogen-bond donors (Lipinski definition) is 4. The lowest BCUT2D eigenvalue weighted by molar-refractivity contribution is 0.660. The number of furan rings is 3. The van der Waals surface area contributed by atoms with Crippen LogP contribution in [0.1, 0.15) is 25.0 Å². The van der Waals surface area contributed by atoms with Crippen molar-refractivity contribution in [3.05, 3.63) is 460 Å². The second-order valence-electron chi connectivity index (χ2n) is 33.6. The van der Waals surface area contributed by atoms with Crippen molar-refractivity contribution in [2.24, 2.45) is 0 Å². The number of anilines is 8. The Morgan fingerprint density at radius 2 is 0.638 bits per heavy atom. The molecule has 7 nitrogen and oxygen atoms in total. The molecule has 5 heterocycles. The van der Waals surface area contributed by atoms with E-state index in [-0.39, 0.29) is 5.41 Å². The molecule has 0 radical (unpaired) electrons. The summed E-state index contributed by atoms with van der Waals surface area (Å²) in [6.07, 6.45) is 0. The maximum Gasteiger partial charge on any atom is 0.143 e. The maximum absolute atomic E-state index is 6.50. The highest BCUT2D eigenvalue weighted by Crippen LogP contribution is 2.52. The highest BCUT2D eigenvalue weighted by Gasteiger charge is 2.35. The van der Waals surface area contributed by atoms with Crippen LogP contribution in [0.5, 0.6) is 0 Å². The number of rotatable bonds is 13. The first kappa shape index (κ1) is 78.4. The van der Waals surface area contributed by atoms with Crippen LogP contribution < -0.4 is 21.3 Å². The lowest BCUT2D eigenvalue weighted by Gasteiger charge is -2.22. The number of thiophene rings is 2. The van der Waals surface area contributed by atoms with Gasteiger partial charge in [-0.2, -0.15) is 0 Å². The van der Waals surface area contributed by atoms with Crippen molar-refractivity contribution in [2.45, 2.75) is 19.3 Å². The molecule has 1 aliphatic carbocycles. The molecule has 25 aromatic rings. The number of benzene rings is 20. The van der Waals surface area contributed by atoms with Crippen molar-refractivity contribution in [1.82, 2.24) is 0 Å². The maximum atomic E-state index is 6.50. The van der Waals surface area contributed by atoms with E-state index in [1.807, 2.05) is 89.4 Å². The zero-order valence-corrected chi connectivity index (χ0v) is 72.9. The molecule has 26 rings (SSSR count). The second-order valence-corrected chi connectivity index (χ2v) is 35.8. The summed E-state index contributed by atoms with van der Waals surface area (Å²) in [7, 11) is 0. The van der Waals surface area contributed by atoms with Gasteiger partial charge in [0.1, 0.15) is 33.5 Å². The molecule has 0 saturated heterocycles. The van der Waals surface area contributed by atoms with Gasteiger partial charge in [0.05, 0.1) is 0 Å². The molecule has 0 fully saturated rings. The first-order valence-electron chi connectivity index (χ1n) is 44.1. The van der Waals surface area contributed by atoms with Gasteiger partial charge in [-0.25, -0.2) is 0 Å². The first-order valence-corrected chi connectivity index (χ1v) is 45.7. The Balaban J connectivity index is 0.000000101. The molecule has 20 aromatic carbocycles. The van der Waals surface area contributed by atoms with Crippen LogP contribution in [0.3, 0.4) is 0 Å². The molecule has 0 saturated carbocycles. The van der Waals surface area contributed by atoms with Gasteiger partial charge in [0.2, 0.25) is 0 Å². The smallest absolute Gasteiger partial charge is 0.143 e. The highest BCUT2D eigenvalue weighted by atomic mass is 32.1. The van der Waals surface area contributed by atoms with E-state index < -0.39 is 0 Å². The Morgan fingerprint density at radius 3 is 1.28 bits per heavy atom. The summed E-state index contributed by atoms with van der Waals surface area (Å²) in [5, 5.41) is 29.0. The van der Waals surface area contributed by atoms with Crippen molar-refractivity contribution >= 4 is 185 Å². The van der Waals surface area contributed by atoms with Crippen molar-refractivity contribution < 1.29 is 13.3 Å². The quantitative estimate of drug-likeness (QED) is 0.0915. The molecule has 618 valence electrons. The fourth-order valence-electron chi connectivity index (χ4n) is 19.1. The number of para-hydroxylation sites is 5. The van der Waals surface area contributed by atoms with E-state index in [1.54, 1.807) is 0 Å². The van der Waals surface area contributed by atoms with E-state index in [2.05, 4.69) is 417 Å². The minimum atomic E-state index is -0.0128. The second kappa shape index (κ2) is 33.6. The standard InChI is InChI=1S/C43H31NO.C30H19NOS.C24H17NO.C24H17NS/c1-43(2)39-16-7-5-13-34(39)35-23-20-29(24-40(35)43)27-18-21-30(22-19-27)44-31-25-37(33-15-9-11-28-10-3-4-12-32(28)33)42-38(26-31)36-14-6-8-17-41(36)45-42;1-2-8-19(9-3-1)24-17-21(18-27-30(24)23-11-4-6-12-26(23)32-27)31-20-14-15-29-25(16-20)22-10-5-7-13-28(22)33-29;1-3-9-17(10-4-1)21-15-19(25-18-11-5-2-6-12-18)16-23-24(21)20-13-7-8-14-22(20)26-23;1-3-9-17(10-4-1)23-20(25-18-11-5-2-6-12-18)15-16-22-24(23)19-13-7-8-14-21(19)26-22/h3-26,44H,1-2H3;1-18,31H;2*1-16,25H. The van der Waals surface area contributed by atoms with Gasteiger partial charge in [-0.3, -0.25) is 0 Å². The van der Waals surface area contributed by atoms with Crippen LogP contribution in [0, 0.1) is 0 Å². The van der Waals surface area contributed by atoms with Gasteiger partial charge in [0, 0.05) is 147 Å². The average molecular weight is 1710 g/mol. The minimum absolute atomic E-state index is 0.0128. The lowest BCUT2D eigenvalue weighted by Crippen LogP contribution is -2.14. The SMILES string of the molecule is CC1(C)c2ccccc2-c2ccc(-c3ccc(Nc4cc(-c5cccc6ccccc56)c5oc6ccccc6c5c4)cc3)cc21.c1ccc(-c2cc(Nc3ccc4sc5ccccc5c4c3)cc3oc4ccccc4c23)cc1.c1ccc(Nc2cc(-c3ccccc3)c3c(c2)oc2ccccc23)cc1.c1ccc(Nc2ccc3sc4ccccc4c3c2-c2ccccc2)cc1. The minimum Gasteiger partial charge on any atom is -0.456 e. The van der Waals surface area contributed by atoms with Crippen molar-refractivity contribution in [1.29, 1.82) is 0 Å². The summed E-state index contributed by atoms with van der Waals surface area (Å²) >= 11 is 3.70. The van der Waals surface area contributed by atoms with E-state index >= 15 is 0 Å². The third kappa shape index (κ3) is 14.8. The molecule has 4 N–H and O–H groups in total. The number of hydrogen-bond acceptors (Lipinski definition) is 9. The topological polar surface area (TPSA) is 87.5 Å². The Labute approximate surface area is 760 Å². The fourth-order valence-corrected chi connectivity index (χ4v) is 21.3.